The van der Waals surface area contributed by atoms with Gasteiger partial charge >= 0.3 is 0 Å². The molecule has 4 nitrogen and oxygen atoms in total. The van der Waals surface area contributed by atoms with E-state index < -0.39 is 22.6 Å². The second-order valence-electron chi connectivity index (χ2n) is 4.61. The van der Waals surface area contributed by atoms with Crippen molar-refractivity contribution in [3.8, 4) is 0 Å². The molecule has 0 aliphatic carbocycles. The summed E-state index contributed by atoms with van der Waals surface area (Å²) >= 11 is 0. The van der Waals surface area contributed by atoms with Crippen LogP contribution in [0, 0.1) is 0 Å². The molecule has 1 rings (SSSR count). The Morgan fingerprint density at radius 3 is 2.15 bits per heavy atom. The lowest BCUT2D eigenvalue weighted by atomic mass is 9.80. The van der Waals surface area contributed by atoms with E-state index in [1.807, 2.05) is 0 Å². The van der Waals surface area contributed by atoms with Crippen LogP contribution in [0.2, 0.25) is 0 Å². The molecule has 1 N–H and O–H groups in total. The normalized spacial score (nSPS) is 27.8. The lowest BCUT2D eigenvalue weighted by Crippen LogP contribution is -2.64. The van der Waals surface area contributed by atoms with Gasteiger partial charge in [-0.2, -0.15) is 5.06 Å². The molecule has 0 atom stereocenters. The fraction of sp³-hybridized carbons (Fsp3) is 0.778. The smallest absolute Gasteiger partial charge is 0.220 e. The van der Waals surface area contributed by atoms with Crippen molar-refractivity contribution in [1.29, 1.82) is 0 Å². The minimum absolute atomic E-state index is 0.0752. The van der Waals surface area contributed by atoms with E-state index in [0.717, 1.165) is 5.06 Å². The highest BCUT2D eigenvalue weighted by atomic mass is 16.5. The topological polar surface area (TPSA) is 57.6 Å². The zero-order valence-electron chi connectivity index (χ0n) is 8.42. The molecule has 1 aliphatic heterocycles. The second kappa shape index (κ2) is 2.62. The molecule has 0 bridgehead atoms. The van der Waals surface area contributed by atoms with Crippen molar-refractivity contribution in [1.82, 2.24) is 5.06 Å². The number of piperidine rings is 1. The van der Waals surface area contributed by atoms with E-state index >= 15 is 0 Å². The number of rotatable bonds is 0. The quantitative estimate of drug-likeness (QED) is 0.566. The summed E-state index contributed by atoms with van der Waals surface area (Å²) in [6.07, 6.45) is 0.0752. The van der Waals surface area contributed by atoms with Crippen molar-refractivity contribution in [2.75, 3.05) is 0 Å². The Hall–Kier alpha value is -0.740. The van der Waals surface area contributed by atoms with Gasteiger partial charge in [0.1, 0.15) is 5.54 Å². The van der Waals surface area contributed by atoms with Crippen LogP contribution in [0.3, 0.4) is 0 Å². The number of carbonyl (C=O) groups excluding carboxylic acids is 2. The molecule has 0 aromatic heterocycles. The molecule has 1 heterocycles. The van der Waals surface area contributed by atoms with Crippen LogP contribution in [-0.4, -0.2) is 32.9 Å². The molecular weight excluding hydrogens is 170 g/mol. The maximum atomic E-state index is 11.4. The minimum Gasteiger partial charge on any atom is -0.312 e. The predicted octanol–water partition coefficient (Wildman–Crippen LogP) is 0.777. The van der Waals surface area contributed by atoms with Crippen LogP contribution in [0.4, 0.5) is 0 Å². The Morgan fingerprint density at radius 1 is 1.23 bits per heavy atom. The Kier molecular flexibility index (Phi) is 2.09. The monoisotopic (exact) mass is 185 g/mol. The van der Waals surface area contributed by atoms with Crippen molar-refractivity contribution in [2.24, 2.45) is 0 Å². The molecular formula is C9H15NO3. The van der Waals surface area contributed by atoms with Crippen molar-refractivity contribution < 1.29 is 14.8 Å². The third-order valence-electron chi connectivity index (χ3n) is 2.50. The second-order valence-corrected chi connectivity index (χ2v) is 4.61. The number of ketones is 2. The molecule has 4 heteroatoms. The molecule has 0 radical (unpaired) electrons. The highest BCUT2D eigenvalue weighted by Crippen LogP contribution is 2.32. The minimum atomic E-state index is -1.10. The molecule has 1 fully saturated rings. The van der Waals surface area contributed by atoms with Crippen molar-refractivity contribution in [3.63, 3.8) is 0 Å². The third-order valence-corrected chi connectivity index (χ3v) is 2.50. The van der Waals surface area contributed by atoms with Gasteiger partial charge in [0.15, 0.2) is 0 Å². The molecule has 0 spiro atoms. The van der Waals surface area contributed by atoms with Crippen LogP contribution < -0.4 is 0 Å². The van der Waals surface area contributed by atoms with E-state index in [1.54, 1.807) is 27.7 Å². The number of hydrogen-bond donors (Lipinski definition) is 1. The van der Waals surface area contributed by atoms with Gasteiger partial charge in [-0.25, -0.2) is 0 Å². The van der Waals surface area contributed by atoms with E-state index in [9.17, 15) is 14.8 Å². The zero-order chi connectivity index (χ0) is 10.4. The summed E-state index contributed by atoms with van der Waals surface area (Å²) in [5, 5.41) is 10.7. The molecule has 74 valence electrons. The largest absolute Gasteiger partial charge is 0.312 e. The maximum Gasteiger partial charge on any atom is 0.220 e. The summed E-state index contributed by atoms with van der Waals surface area (Å²) in [5.74, 6) is -0.922. The fourth-order valence-electron chi connectivity index (χ4n) is 1.74. The predicted molar refractivity (Wildman–Crippen MR) is 46.4 cm³/mol. The van der Waals surface area contributed by atoms with Crippen LogP contribution in [0.15, 0.2) is 0 Å². The van der Waals surface area contributed by atoms with Gasteiger partial charge in [-0.1, -0.05) is 0 Å². The molecule has 0 saturated carbocycles. The lowest BCUT2D eigenvalue weighted by molar-refractivity contribution is -0.230. The molecule has 13 heavy (non-hydrogen) atoms. The number of hydroxylamine groups is 2. The summed E-state index contributed by atoms with van der Waals surface area (Å²) in [6.45, 7) is 6.57. The molecule has 0 aromatic carbocycles. The van der Waals surface area contributed by atoms with Crippen LogP contribution in [-0.2, 0) is 9.59 Å². The van der Waals surface area contributed by atoms with Crippen molar-refractivity contribution >= 4 is 11.6 Å². The third kappa shape index (κ3) is 1.40. The lowest BCUT2D eigenvalue weighted by Gasteiger charge is -2.46. The molecule has 0 aromatic rings. The number of carbonyl (C=O) groups is 2. The first-order chi connectivity index (χ1) is 5.69. The van der Waals surface area contributed by atoms with E-state index in [2.05, 4.69) is 0 Å². The van der Waals surface area contributed by atoms with Crippen LogP contribution in [0.25, 0.3) is 0 Å². The van der Waals surface area contributed by atoms with E-state index in [-0.39, 0.29) is 6.42 Å². The molecule has 1 saturated heterocycles. The summed E-state index contributed by atoms with van der Waals surface area (Å²) in [7, 11) is 0. The van der Waals surface area contributed by atoms with Crippen LogP contribution >= 0.6 is 0 Å². The van der Waals surface area contributed by atoms with Crippen molar-refractivity contribution in [2.45, 2.75) is 45.2 Å². The average molecular weight is 185 g/mol. The maximum absolute atomic E-state index is 11.4. The first kappa shape index (κ1) is 10.3. The highest BCUT2D eigenvalue weighted by Gasteiger charge is 2.50. The van der Waals surface area contributed by atoms with Gasteiger partial charge in [0, 0.05) is 12.0 Å². The highest BCUT2D eigenvalue weighted by molar-refractivity contribution is 6.41. The van der Waals surface area contributed by atoms with Gasteiger partial charge in [-0.05, 0) is 27.7 Å². The summed E-state index contributed by atoms with van der Waals surface area (Å²) in [6, 6.07) is 0. The summed E-state index contributed by atoms with van der Waals surface area (Å²) < 4.78 is 0. The first-order valence-electron chi connectivity index (χ1n) is 4.26. The Balaban J connectivity index is 3.10. The zero-order valence-corrected chi connectivity index (χ0v) is 8.42. The average Bonchev–Trinajstić information content (AvgIpc) is 1.98. The van der Waals surface area contributed by atoms with E-state index in [4.69, 9.17) is 0 Å². The number of Topliss-reactive ketones (excluding diaryl/α,β-unsaturated/α-hetero) is 2. The van der Waals surface area contributed by atoms with Gasteiger partial charge in [-0.3, -0.25) is 9.59 Å². The summed E-state index contributed by atoms with van der Waals surface area (Å²) in [5.41, 5.74) is -1.76. The van der Waals surface area contributed by atoms with Crippen LogP contribution in [0.1, 0.15) is 34.1 Å². The van der Waals surface area contributed by atoms with Gasteiger partial charge in [0.25, 0.3) is 0 Å². The van der Waals surface area contributed by atoms with Gasteiger partial charge < -0.3 is 5.21 Å². The standard InChI is InChI=1S/C9H15NO3/c1-8(2)5-6(11)7(12)9(3,4)10(8)13/h13H,5H2,1-4H3. The Labute approximate surface area is 77.5 Å². The molecule has 0 unspecified atom stereocenters. The SMILES string of the molecule is CC1(C)CC(=O)C(=O)C(C)(C)N1O. The van der Waals surface area contributed by atoms with Gasteiger partial charge in [0.05, 0.1) is 0 Å². The molecule has 1 aliphatic rings. The van der Waals surface area contributed by atoms with Gasteiger partial charge in [-0.15, -0.1) is 0 Å². The number of nitrogens with zero attached hydrogens (tertiary/aromatic N) is 1. The van der Waals surface area contributed by atoms with Gasteiger partial charge in [0.2, 0.25) is 11.6 Å². The molecule has 0 amide bonds. The van der Waals surface area contributed by atoms with Crippen molar-refractivity contribution in [3.05, 3.63) is 0 Å². The van der Waals surface area contributed by atoms with E-state index in [0.29, 0.717) is 0 Å². The fourth-order valence-corrected chi connectivity index (χ4v) is 1.74. The summed E-state index contributed by atoms with van der Waals surface area (Å²) in [4.78, 5) is 22.7. The number of hydrogen-bond acceptors (Lipinski definition) is 4. The van der Waals surface area contributed by atoms with Crippen LogP contribution in [0.5, 0.6) is 0 Å². The Bertz CT molecular complexity index is 268. The Morgan fingerprint density at radius 2 is 1.69 bits per heavy atom. The van der Waals surface area contributed by atoms with E-state index in [1.165, 1.54) is 0 Å². The first-order valence-corrected chi connectivity index (χ1v) is 4.26.